The Kier molecular flexibility index (Phi) is 5.49. The van der Waals surface area contributed by atoms with Crippen molar-refractivity contribution in [3.05, 3.63) is 29.8 Å². The highest BCUT2D eigenvalue weighted by atomic mass is 16.5. The van der Waals surface area contributed by atoms with Gasteiger partial charge in [0.2, 0.25) is 0 Å². The number of ether oxygens (including phenoxy) is 1. The number of aliphatic hydroxyl groups is 1. The average molecular weight is 236 g/mol. The molecule has 1 aromatic rings. The monoisotopic (exact) mass is 236 g/mol. The first-order valence-corrected chi connectivity index (χ1v) is 6.40. The lowest BCUT2D eigenvalue weighted by molar-refractivity contribution is 0.184. The molecule has 0 radical (unpaired) electrons. The van der Waals surface area contributed by atoms with Gasteiger partial charge in [0.1, 0.15) is 5.75 Å². The Morgan fingerprint density at radius 2 is 1.76 bits per heavy atom. The normalized spacial score (nSPS) is 14.7. The minimum Gasteiger partial charge on any atom is -0.493 e. The van der Waals surface area contributed by atoms with Gasteiger partial charge in [0.15, 0.2) is 0 Å². The standard InChI is InChI=1S/C15H24O2/c1-11(2)9-12(3)10-17-15-8-6-5-7-14(15)13(4)16/h5-8,11-13,16H,9-10H2,1-4H3/t12?,13-/m1/s1. The summed E-state index contributed by atoms with van der Waals surface area (Å²) in [7, 11) is 0. The van der Waals surface area contributed by atoms with Gasteiger partial charge in [0, 0.05) is 5.56 Å². The van der Waals surface area contributed by atoms with Crippen LogP contribution in [-0.2, 0) is 0 Å². The van der Waals surface area contributed by atoms with E-state index in [2.05, 4.69) is 20.8 Å². The molecule has 0 aliphatic carbocycles. The van der Waals surface area contributed by atoms with Crippen molar-refractivity contribution in [2.75, 3.05) is 6.61 Å². The minimum atomic E-state index is -0.480. The van der Waals surface area contributed by atoms with Gasteiger partial charge >= 0.3 is 0 Å². The van der Waals surface area contributed by atoms with Crippen molar-refractivity contribution in [3.63, 3.8) is 0 Å². The van der Waals surface area contributed by atoms with E-state index in [-0.39, 0.29) is 0 Å². The lowest BCUT2D eigenvalue weighted by Crippen LogP contribution is -2.12. The summed E-state index contributed by atoms with van der Waals surface area (Å²) in [5.41, 5.74) is 0.865. The first-order valence-electron chi connectivity index (χ1n) is 6.40. The SMILES string of the molecule is CC(C)CC(C)COc1ccccc1[C@@H](C)O. The van der Waals surface area contributed by atoms with Gasteiger partial charge in [0.05, 0.1) is 12.7 Å². The topological polar surface area (TPSA) is 29.5 Å². The molecule has 0 spiro atoms. The number of hydrogen-bond acceptors (Lipinski definition) is 2. The minimum absolute atomic E-state index is 0.480. The largest absolute Gasteiger partial charge is 0.493 e. The number of hydrogen-bond donors (Lipinski definition) is 1. The lowest BCUT2D eigenvalue weighted by atomic mass is 10.00. The summed E-state index contributed by atoms with van der Waals surface area (Å²) in [5, 5.41) is 9.64. The summed E-state index contributed by atoms with van der Waals surface area (Å²) in [6.07, 6.45) is 0.684. The second-order valence-corrected chi connectivity index (χ2v) is 5.26. The van der Waals surface area contributed by atoms with Gasteiger partial charge in [-0.05, 0) is 31.2 Å². The second kappa shape index (κ2) is 6.65. The van der Waals surface area contributed by atoms with Crippen molar-refractivity contribution >= 4 is 0 Å². The van der Waals surface area contributed by atoms with E-state index in [1.807, 2.05) is 24.3 Å². The zero-order chi connectivity index (χ0) is 12.8. The summed E-state index contributed by atoms with van der Waals surface area (Å²) >= 11 is 0. The molecule has 0 fully saturated rings. The van der Waals surface area contributed by atoms with E-state index in [1.165, 1.54) is 0 Å². The van der Waals surface area contributed by atoms with Crippen LogP contribution in [0.1, 0.15) is 45.8 Å². The van der Waals surface area contributed by atoms with Crippen LogP contribution in [0.2, 0.25) is 0 Å². The number of para-hydroxylation sites is 1. The molecule has 2 nitrogen and oxygen atoms in total. The van der Waals surface area contributed by atoms with Crippen molar-refractivity contribution in [2.24, 2.45) is 11.8 Å². The van der Waals surface area contributed by atoms with Crippen LogP contribution in [-0.4, -0.2) is 11.7 Å². The van der Waals surface area contributed by atoms with E-state index in [0.29, 0.717) is 18.4 Å². The van der Waals surface area contributed by atoms with Gasteiger partial charge < -0.3 is 9.84 Å². The summed E-state index contributed by atoms with van der Waals surface area (Å²) in [5.74, 6) is 2.04. The van der Waals surface area contributed by atoms with Crippen molar-refractivity contribution in [3.8, 4) is 5.75 Å². The van der Waals surface area contributed by atoms with Crippen LogP contribution in [0.15, 0.2) is 24.3 Å². The Balaban J connectivity index is 2.57. The predicted octanol–water partition coefficient (Wildman–Crippen LogP) is 3.80. The summed E-state index contributed by atoms with van der Waals surface area (Å²) in [6.45, 7) is 9.12. The van der Waals surface area contributed by atoms with Gasteiger partial charge in [0.25, 0.3) is 0 Å². The summed E-state index contributed by atoms with van der Waals surface area (Å²) in [6, 6.07) is 7.69. The third kappa shape index (κ3) is 4.78. The quantitative estimate of drug-likeness (QED) is 0.814. The maximum Gasteiger partial charge on any atom is 0.125 e. The van der Waals surface area contributed by atoms with Gasteiger partial charge in [-0.25, -0.2) is 0 Å². The van der Waals surface area contributed by atoms with E-state index in [9.17, 15) is 5.11 Å². The van der Waals surface area contributed by atoms with Crippen LogP contribution in [0, 0.1) is 11.8 Å². The van der Waals surface area contributed by atoms with Crippen molar-refractivity contribution < 1.29 is 9.84 Å². The molecule has 2 atom stereocenters. The van der Waals surface area contributed by atoms with E-state index in [4.69, 9.17) is 4.74 Å². The fourth-order valence-electron chi connectivity index (χ4n) is 2.06. The van der Waals surface area contributed by atoms with Crippen molar-refractivity contribution in [1.29, 1.82) is 0 Å². The lowest BCUT2D eigenvalue weighted by Gasteiger charge is -2.17. The van der Waals surface area contributed by atoms with E-state index >= 15 is 0 Å². The Morgan fingerprint density at radius 1 is 1.12 bits per heavy atom. The van der Waals surface area contributed by atoms with Gasteiger partial charge in [-0.15, -0.1) is 0 Å². The molecule has 0 amide bonds. The molecule has 17 heavy (non-hydrogen) atoms. The third-order valence-corrected chi connectivity index (χ3v) is 2.77. The Morgan fingerprint density at radius 3 is 2.35 bits per heavy atom. The molecule has 0 saturated carbocycles. The smallest absolute Gasteiger partial charge is 0.125 e. The molecular weight excluding hydrogens is 212 g/mol. The van der Waals surface area contributed by atoms with Gasteiger partial charge in [-0.2, -0.15) is 0 Å². The van der Waals surface area contributed by atoms with E-state index < -0.39 is 6.10 Å². The molecular formula is C15H24O2. The number of aliphatic hydroxyl groups excluding tert-OH is 1. The molecule has 0 bridgehead atoms. The highest BCUT2D eigenvalue weighted by Crippen LogP contribution is 2.25. The molecule has 0 heterocycles. The highest BCUT2D eigenvalue weighted by molar-refractivity contribution is 5.34. The first-order chi connectivity index (χ1) is 8.00. The molecule has 96 valence electrons. The van der Waals surface area contributed by atoms with Gasteiger partial charge in [-0.1, -0.05) is 39.0 Å². The van der Waals surface area contributed by atoms with Crippen LogP contribution < -0.4 is 4.74 Å². The Bertz CT molecular complexity index is 331. The molecule has 0 aromatic heterocycles. The highest BCUT2D eigenvalue weighted by Gasteiger charge is 2.10. The fourth-order valence-corrected chi connectivity index (χ4v) is 2.06. The molecule has 1 unspecified atom stereocenters. The molecule has 1 N–H and O–H groups in total. The third-order valence-electron chi connectivity index (χ3n) is 2.77. The zero-order valence-corrected chi connectivity index (χ0v) is 11.3. The molecule has 0 saturated heterocycles. The maximum atomic E-state index is 9.64. The second-order valence-electron chi connectivity index (χ2n) is 5.26. The first kappa shape index (κ1) is 14.0. The Labute approximate surface area is 105 Å². The molecule has 0 aliphatic rings. The molecule has 2 heteroatoms. The number of rotatable bonds is 6. The summed E-state index contributed by atoms with van der Waals surface area (Å²) < 4.78 is 5.80. The van der Waals surface area contributed by atoms with Crippen LogP contribution in [0.25, 0.3) is 0 Å². The van der Waals surface area contributed by atoms with Gasteiger partial charge in [-0.3, -0.25) is 0 Å². The molecule has 0 aliphatic heterocycles. The Hall–Kier alpha value is -1.02. The maximum absolute atomic E-state index is 9.64. The average Bonchev–Trinajstić information content (AvgIpc) is 2.25. The van der Waals surface area contributed by atoms with Crippen LogP contribution in [0.5, 0.6) is 5.75 Å². The van der Waals surface area contributed by atoms with Crippen molar-refractivity contribution in [1.82, 2.24) is 0 Å². The van der Waals surface area contributed by atoms with E-state index in [1.54, 1.807) is 6.92 Å². The summed E-state index contributed by atoms with van der Waals surface area (Å²) in [4.78, 5) is 0. The van der Waals surface area contributed by atoms with Crippen molar-refractivity contribution in [2.45, 2.75) is 40.2 Å². The van der Waals surface area contributed by atoms with Crippen LogP contribution in [0.3, 0.4) is 0 Å². The fraction of sp³-hybridized carbons (Fsp3) is 0.600. The molecule has 1 rings (SSSR count). The van der Waals surface area contributed by atoms with Crippen LogP contribution in [0.4, 0.5) is 0 Å². The molecule has 1 aromatic carbocycles. The van der Waals surface area contributed by atoms with E-state index in [0.717, 1.165) is 17.7 Å². The number of benzene rings is 1. The zero-order valence-electron chi connectivity index (χ0n) is 11.3. The van der Waals surface area contributed by atoms with Crippen LogP contribution >= 0.6 is 0 Å². The predicted molar refractivity (Wildman–Crippen MR) is 71.2 cm³/mol.